The molecule has 108 valence electrons. The Hall–Kier alpha value is -1.69. The van der Waals surface area contributed by atoms with Crippen molar-refractivity contribution in [2.45, 2.75) is 37.0 Å². The van der Waals surface area contributed by atoms with Gasteiger partial charge in [-0.2, -0.15) is 0 Å². The molecule has 20 heavy (non-hydrogen) atoms. The quantitative estimate of drug-likeness (QED) is 0.436. The first kappa shape index (κ1) is 16.4. The minimum atomic E-state index is -0.721. The number of rotatable bonds is 7. The highest BCUT2D eigenvalue weighted by atomic mass is 32.2. The number of aromatic nitrogens is 1. The van der Waals surface area contributed by atoms with Crippen LogP contribution in [0.4, 0.5) is 0 Å². The molecule has 0 fully saturated rings. The van der Waals surface area contributed by atoms with Crippen LogP contribution in [0, 0.1) is 0 Å². The van der Waals surface area contributed by atoms with Gasteiger partial charge >= 0.3 is 5.97 Å². The van der Waals surface area contributed by atoms with Crippen molar-refractivity contribution < 1.29 is 19.1 Å². The van der Waals surface area contributed by atoms with Crippen molar-refractivity contribution in [3.8, 4) is 0 Å². The van der Waals surface area contributed by atoms with Crippen molar-refractivity contribution >= 4 is 29.3 Å². The molecule has 0 saturated heterocycles. The van der Waals surface area contributed by atoms with Gasteiger partial charge in [0.25, 0.3) is 0 Å². The number of ether oxygens (including phenoxy) is 1. The van der Waals surface area contributed by atoms with E-state index in [1.54, 1.807) is 26.0 Å². The number of carbonyl (C=O) groups excluding carboxylic acids is 3. The summed E-state index contributed by atoms with van der Waals surface area (Å²) in [5.41, 5.74) is 0.331. The Morgan fingerprint density at radius 1 is 1.20 bits per heavy atom. The van der Waals surface area contributed by atoms with Gasteiger partial charge in [-0.25, -0.2) is 9.78 Å². The van der Waals surface area contributed by atoms with Crippen molar-refractivity contribution in [2.24, 2.45) is 0 Å². The summed E-state index contributed by atoms with van der Waals surface area (Å²) < 4.78 is 4.57. The zero-order valence-corrected chi connectivity index (χ0v) is 12.5. The SMILES string of the molecule is CCC(=O)C(Sc1ccc(C(=O)OC)cn1)C(=O)CC. The number of nitrogens with zero attached hydrogens (tertiary/aromatic N) is 1. The van der Waals surface area contributed by atoms with E-state index in [2.05, 4.69) is 9.72 Å². The van der Waals surface area contributed by atoms with Crippen LogP contribution in [0.5, 0.6) is 0 Å². The molecule has 0 radical (unpaired) electrons. The van der Waals surface area contributed by atoms with Crippen molar-refractivity contribution in [3.63, 3.8) is 0 Å². The summed E-state index contributed by atoms with van der Waals surface area (Å²) in [6, 6.07) is 3.17. The molecule has 1 heterocycles. The van der Waals surface area contributed by atoms with E-state index in [0.717, 1.165) is 11.8 Å². The highest BCUT2D eigenvalue weighted by molar-refractivity contribution is 8.01. The number of thioether (sulfide) groups is 1. The van der Waals surface area contributed by atoms with Gasteiger partial charge in [-0.05, 0) is 12.1 Å². The molecule has 0 unspecified atom stereocenters. The number of Topliss-reactive ketones (excluding diaryl/α,β-unsaturated/α-hetero) is 2. The number of methoxy groups -OCH3 is 1. The molecule has 1 aromatic rings. The summed E-state index contributed by atoms with van der Waals surface area (Å²) in [5, 5.41) is -0.187. The largest absolute Gasteiger partial charge is 0.465 e. The van der Waals surface area contributed by atoms with Gasteiger partial charge in [0.1, 0.15) is 5.25 Å². The first-order chi connectivity index (χ1) is 9.53. The summed E-state index contributed by atoms with van der Waals surface area (Å²) in [4.78, 5) is 38.9. The summed E-state index contributed by atoms with van der Waals surface area (Å²) in [7, 11) is 1.29. The van der Waals surface area contributed by atoms with Gasteiger partial charge in [-0.15, -0.1) is 0 Å². The molecule has 0 N–H and O–H groups in total. The fourth-order valence-corrected chi connectivity index (χ4v) is 2.59. The van der Waals surface area contributed by atoms with Crippen LogP contribution >= 0.6 is 11.8 Å². The van der Waals surface area contributed by atoms with Crippen LogP contribution in [-0.4, -0.2) is 34.9 Å². The maximum absolute atomic E-state index is 11.8. The summed E-state index contributed by atoms with van der Waals surface area (Å²) >= 11 is 1.12. The standard InChI is InChI=1S/C14H17NO4S/c1-4-10(16)13(11(17)5-2)20-12-7-6-9(8-15-12)14(18)19-3/h6-8,13H,4-5H2,1-3H3. The lowest BCUT2D eigenvalue weighted by atomic mass is 10.1. The Kier molecular flexibility index (Phi) is 6.38. The maximum Gasteiger partial charge on any atom is 0.339 e. The van der Waals surface area contributed by atoms with Crippen LogP contribution in [0.1, 0.15) is 37.0 Å². The lowest BCUT2D eigenvalue weighted by Gasteiger charge is -2.12. The number of hydrogen-bond donors (Lipinski definition) is 0. The third kappa shape index (κ3) is 4.16. The monoisotopic (exact) mass is 295 g/mol. The minimum absolute atomic E-state index is 0.110. The van der Waals surface area contributed by atoms with Gasteiger partial charge in [-0.1, -0.05) is 25.6 Å². The van der Waals surface area contributed by atoms with Gasteiger partial charge in [0.2, 0.25) is 0 Å². The first-order valence-corrected chi connectivity index (χ1v) is 7.17. The Morgan fingerprint density at radius 3 is 2.20 bits per heavy atom. The van der Waals surface area contributed by atoms with E-state index in [-0.39, 0.29) is 11.6 Å². The molecule has 0 aliphatic carbocycles. The highest BCUT2D eigenvalue weighted by Crippen LogP contribution is 2.24. The van der Waals surface area contributed by atoms with Gasteiger partial charge < -0.3 is 4.74 Å². The molecule has 1 rings (SSSR count). The van der Waals surface area contributed by atoms with E-state index in [9.17, 15) is 14.4 Å². The Bertz CT molecular complexity index is 482. The van der Waals surface area contributed by atoms with Crippen molar-refractivity contribution in [3.05, 3.63) is 23.9 Å². The van der Waals surface area contributed by atoms with E-state index >= 15 is 0 Å². The van der Waals surface area contributed by atoms with E-state index < -0.39 is 11.2 Å². The normalized spacial score (nSPS) is 10.4. The molecule has 0 aromatic carbocycles. The molecule has 0 bridgehead atoms. The van der Waals surface area contributed by atoms with E-state index in [0.29, 0.717) is 23.4 Å². The lowest BCUT2D eigenvalue weighted by molar-refractivity contribution is -0.125. The third-order valence-corrected chi connectivity index (χ3v) is 3.92. The van der Waals surface area contributed by atoms with E-state index in [1.165, 1.54) is 13.3 Å². The second-order valence-corrected chi connectivity index (χ2v) is 5.14. The van der Waals surface area contributed by atoms with Crippen molar-refractivity contribution in [1.82, 2.24) is 4.98 Å². The second kappa shape index (κ2) is 7.79. The highest BCUT2D eigenvalue weighted by Gasteiger charge is 2.25. The molecular weight excluding hydrogens is 278 g/mol. The zero-order chi connectivity index (χ0) is 15.1. The summed E-state index contributed by atoms with van der Waals surface area (Å²) in [6.07, 6.45) is 1.99. The first-order valence-electron chi connectivity index (χ1n) is 6.29. The predicted molar refractivity (Wildman–Crippen MR) is 75.8 cm³/mol. The lowest BCUT2D eigenvalue weighted by Crippen LogP contribution is -2.26. The fraction of sp³-hybridized carbons (Fsp3) is 0.429. The van der Waals surface area contributed by atoms with Crippen LogP contribution < -0.4 is 0 Å². The minimum Gasteiger partial charge on any atom is -0.465 e. The number of ketones is 2. The van der Waals surface area contributed by atoms with Crippen LogP contribution in [0.25, 0.3) is 0 Å². The number of pyridine rings is 1. The molecule has 5 nitrogen and oxygen atoms in total. The Balaban J connectivity index is 2.86. The molecule has 0 aliphatic rings. The smallest absolute Gasteiger partial charge is 0.339 e. The van der Waals surface area contributed by atoms with Crippen LogP contribution in [-0.2, 0) is 14.3 Å². The zero-order valence-electron chi connectivity index (χ0n) is 11.7. The van der Waals surface area contributed by atoms with Gasteiger partial charge in [0.05, 0.1) is 17.7 Å². The Morgan fingerprint density at radius 2 is 1.80 bits per heavy atom. The topological polar surface area (TPSA) is 73.3 Å². The van der Waals surface area contributed by atoms with Crippen LogP contribution in [0.2, 0.25) is 0 Å². The molecule has 0 aliphatic heterocycles. The van der Waals surface area contributed by atoms with Crippen molar-refractivity contribution in [2.75, 3.05) is 7.11 Å². The average Bonchev–Trinajstić information content (AvgIpc) is 2.50. The van der Waals surface area contributed by atoms with Gasteiger partial charge in [-0.3, -0.25) is 9.59 Å². The molecule has 6 heteroatoms. The molecule has 0 saturated carbocycles. The fourth-order valence-electron chi connectivity index (χ4n) is 1.49. The van der Waals surface area contributed by atoms with E-state index in [4.69, 9.17) is 0 Å². The maximum atomic E-state index is 11.8. The van der Waals surface area contributed by atoms with Crippen molar-refractivity contribution in [1.29, 1.82) is 0 Å². The number of esters is 1. The third-order valence-electron chi connectivity index (χ3n) is 2.68. The molecule has 0 spiro atoms. The van der Waals surface area contributed by atoms with Crippen LogP contribution in [0.3, 0.4) is 0 Å². The molecular formula is C14H17NO4S. The summed E-state index contributed by atoms with van der Waals surface area (Å²) in [6.45, 7) is 3.46. The molecule has 0 atom stereocenters. The second-order valence-electron chi connectivity index (χ2n) is 4.01. The van der Waals surface area contributed by atoms with Gasteiger partial charge in [0, 0.05) is 19.0 Å². The number of carbonyl (C=O) groups is 3. The molecule has 1 aromatic heterocycles. The van der Waals surface area contributed by atoms with Gasteiger partial charge in [0.15, 0.2) is 11.6 Å². The number of hydrogen-bond acceptors (Lipinski definition) is 6. The average molecular weight is 295 g/mol. The summed E-state index contributed by atoms with van der Waals surface area (Å²) in [5.74, 6) is -0.693. The van der Waals surface area contributed by atoms with Crippen LogP contribution in [0.15, 0.2) is 23.4 Å². The molecule has 0 amide bonds. The predicted octanol–water partition coefficient (Wildman–Crippen LogP) is 2.29. The van der Waals surface area contributed by atoms with E-state index in [1.807, 2.05) is 0 Å². The Labute approximate surface area is 122 Å².